The van der Waals surface area contributed by atoms with Gasteiger partial charge in [0.2, 0.25) is 5.91 Å². The van der Waals surface area contributed by atoms with Gasteiger partial charge in [0.25, 0.3) is 5.91 Å². The van der Waals surface area contributed by atoms with Crippen LogP contribution in [-0.4, -0.2) is 43.4 Å². The van der Waals surface area contributed by atoms with Gasteiger partial charge in [0, 0.05) is 37.3 Å². The van der Waals surface area contributed by atoms with Crippen molar-refractivity contribution in [3.05, 3.63) is 29.8 Å². The number of carbonyl (C=O) groups excluding carboxylic acids is 2. The minimum Gasteiger partial charge on any atom is -0.339 e. The SMILES string of the molecule is CCN(CC)C(=O)c1cccc(NC(=O)CCNC)c1. The van der Waals surface area contributed by atoms with Crippen LogP contribution in [-0.2, 0) is 4.79 Å². The number of hydrogen-bond donors (Lipinski definition) is 2. The van der Waals surface area contributed by atoms with Crippen LogP contribution in [0.4, 0.5) is 5.69 Å². The number of benzene rings is 1. The van der Waals surface area contributed by atoms with E-state index >= 15 is 0 Å². The molecule has 1 aromatic carbocycles. The molecule has 1 rings (SSSR count). The summed E-state index contributed by atoms with van der Waals surface area (Å²) in [5.41, 5.74) is 1.25. The third-order valence-corrected chi connectivity index (χ3v) is 3.05. The number of amides is 2. The highest BCUT2D eigenvalue weighted by Gasteiger charge is 2.13. The second kappa shape index (κ2) is 8.32. The molecule has 5 nitrogen and oxygen atoms in total. The minimum absolute atomic E-state index is 0.0127. The van der Waals surface area contributed by atoms with Gasteiger partial charge in [0.05, 0.1) is 0 Å². The fraction of sp³-hybridized carbons (Fsp3) is 0.467. The predicted octanol–water partition coefficient (Wildman–Crippen LogP) is 1.72. The van der Waals surface area contributed by atoms with Gasteiger partial charge in [-0.1, -0.05) is 6.07 Å². The third kappa shape index (κ3) is 4.66. The molecule has 0 aliphatic heterocycles. The van der Waals surface area contributed by atoms with Crippen molar-refractivity contribution in [2.45, 2.75) is 20.3 Å². The second-order valence-corrected chi connectivity index (χ2v) is 4.46. The molecule has 0 saturated heterocycles. The van der Waals surface area contributed by atoms with Gasteiger partial charge in [-0.2, -0.15) is 0 Å². The Morgan fingerprint density at radius 1 is 1.20 bits per heavy atom. The Labute approximate surface area is 120 Å². The van der Waals surface area contributed by atoms with Crippen LogP contribution in [0, 0.1) is 0 Å². The third-order valence-electron chi connectivity index (χ3n) is 3.05. The molecule has 0 bridgehead atoms. The zero-order valence-electron chi connectivity index (χ0n) is 12.4. The normalized spacial score (nSPS) is 10.2. The van der Waals surface area contributed by atoms with E-state index in [-0.39, 0.29) is 11.8 Å². The molecule has 1 aromatic rings. The average Bonchev–Trinajstić information content (AvgIpc) is 2.46. The quantitative estimate of drug-likeness (QED) is 0.797. The zero-order valence-corrected chi connectivity index (χ0v) is 12.4. The molecule has 0 spiro atoms. The van der Waals surface area contributed by atoms with Gasteiger partial charge in [-0.3, -0.25) is 9.59 Å². The summed E-state index contributed by atoms with van der Waals surface area (Å²) in [5.74, 6) is -0.0758. The lowest BCUT2D eigenvalue weighted by Gasteiger charge is -2.19. The molecule has 0 aliphatic carbocycles. The summed E-state index contributed by atoms with van der Waals surface area (Å²) in [6.45, 7) is 5.88. The number of anilines is 1. The van der Waals surface area contributed by atoms with E-state index in [0.29, 0.717) is 37.3 Å². The maximum Gasteiger partial charge on any atom is 0.253 e. The minimum atomic E-state index is -0.0632. The number of nitrogens with zero attached hydrogens (tertiary/aromatic N) is 1. The van der Waals surface area contributed by atoms with Crippen LogP contribution in [0.2, 0.25) is 0 Å². The maximum atomic E-state index is 12.2. The molecule has 0 fully saturated rings. The van der Waals surface area contributed by atoms with E-state index in [9.17, 15) is 9.59 Å². The molecule has 0 saturated carbocycles. The lowest BCUT2D eigenvalue weighted by atomic mass is 10.1. The van der Waals surface area contributed by atoms with Crippen LogP contribution in [0.1, 0.15) is 30.6 Å². The van der Waals surface area contributed by atoms with E-state index in [0.717, 1.165) is 0 Å². The van der Waals surface area contributed by atoms with Crippen molar-refractivity contribution in [2.24, 2.45) is 0 Å². The molecular formula is C15H23N3O2. The summed E-state index contributed by atoms with van der Waals surface area (Å²) in [4.78, 5) is 25.6. The van der Waals surface area contributed by atoms with Crippen molar-refractivity contribution >= 4 is 17.5 Å². The summed E-state index contributed by atoms with van der Waals surface area (Å²) in [6, 6.07) is 7.06. The summed E-state index contributed by atoms with van der Waals surface area (Å²) in [6.07, 6.45) is 0.407. The topological polar surface area (TPSA) is 61.4 Å². The van der Waals surface area contributed by atoms with Crippen molar-refractivity contribution < 1.29 is 9.59 Å². The van der Waals surface area contributed by atoms with Gasteiger partial charge in [-0.15, -0.1) is 0 Å². The maximum absolute atomic E-state index is 12.2. The van der Waals surface area contributed by atoms with E-state index in [1.54, 1.807) is 36.2 Å². The van der Waals surface area contributed by atoms with Crippen LogP contribution in [0.5, 0.6) is 0 Å². The monoisotopic (exact) mass is 277 g/mol. The Balaban J connectivity index is 2.75. The zero-order chi connectivity index (χ0) is 15.0. The van der Waals surface area contributed by atoms with Gasteiger partial charge in [-0.25, -0.2) is 0 Å². The molecule has 0 radical (unpaired) electrons. The van der Waals surface area contributed by atoms with Gasteiger partial charge < -0.3 is 15.5 Å². The molecule has 0 unspecified atom stereocenters. The summed E-state index contributed by atoms with van der Waals surface area (Å²) in [7, 11) is 1.80. The smallest absolute Gasteiger partial charge is 0.253 e. The number of nitrogens with one attached hydrogen (secondary N) is 2. The number of hydrogen-bond acceptors (Lipinski definition) is 3. The van der Waals surface area contributed by atoms with Crippen molar-refractivity contribution in [1.82, 2.24) is 10.2 Å². The molecule has 0 atom stereocenters. The molecule has 0 heterocycles. The first-order valence-electron chi connectivity index (χ1n) is 6.96. The van der Waals surface area contributed by atoms with Crippen LogP contribution >= 0.6 is 0 Å². The summed E-state index contributed by atoms with van der Waals surface area (Å²) in [5, 5.41) is 5.72. The summed E-state index contributed by atoms with van der Waals surface area (Å²) < 4.78 is 0. The molecule has 5 heteroatoms. The second-order valence-electron chi connectivity index (χ2n) is 4.46. The fourth-order valence-electron chi connectivity index (χ4n) is 1.89. The first-order chi connectivity index (χ1) is 9.62. The highest BCUT2D eigenvalue weighted by molar-refractivity contribution is 5.97. The molecule has 110 valence electrons. The molecule has 20 heavy (non-hydrogen) atoms. The average molecular weight is 277 g/mol. The van der Waals surface area contributed by atoms with E-state index in [4.69, 9.17) is 0 Å². The predicted molar refractivity (Wildman–Crippen MR) is 80.9 cm³/mol. The molecule has 2 amide bonds. The van der Waals surface area contributed by atoms with E-state index < -0.39 is 0 Å². The van der Waals surface area contributed by atoms with Gasteiger partial charge >= 0.3 is 0 Å². The van der Waals surface area contributed by atoms with Gasteiger partial charge in [-0.05, 0) is 39.1 Å². The Morgan fingerprint density at radius 3 is 2.50 bits per heavy atom. The van der Waals surface area contributed by atoms with Gasteiger partial charge in [0.15, 0.2) is 0 Å². The van der Waals surface area contributed by atoms with Crippen LogP contribution in [0.25, 0.3) is 0 Å². The van der Waals surface area contributed by atoms with E-state index in [1.807, 2.05) is 13.8 Å². The Bertz CT molecular complexity index is 456. The van der Waals surface area contributed by atoms with Crippen molar-refractivity contribution in [3.63, 3.8) is 0 Å². The highest BCUT2D eigenvalue weighted by Crippen LogP contribution is 2.13. The van der Waals surface area contributed by atoms with Gasteiger partial charge in [0.1, 0.15) is 0 Å². The van der Waals surface area contributed by atoms with Crippen molar-refractivity contribution in [2.75, 3.05) is 32.0 Å². The van der Waals surface area contributed by atoms with Crippen LogP contribution < -0.4 is 10.6 Å². The molecule has 0 aliphatic rings. The largest absolute Gasteiger partial charge is 0.339 e. The Kier molecular flexibility index (Phi) is 6.73. The standard InChI is InChI=1S/C15H23N3O2/c1-4-18(5-2)15(20)12-7-6-8-13(11-12)17-14(19)9-10-16-3/h6-8,11,16H,4-5,9-10H2,1-3H3,(H,17,19). The number of rotatable bonds is 7. The lowest BCUT2D eigenvalue weighted by Crippen LogP contribution is -2.30. The van der Waals surface area contributed by atoms with E-state index in [1.165, 1.54) is 0 Å². The Morgan fingerprint density at radius 2 is 1.90 bits per heavy atom. The lowest BCUT2D eigenvalue weighted by molar-refractivity contribution is -0.116. The molecule has 0 aromatic heterocycles. The molecular weight excluding hydrogens is 254 g/mol. The first kappa shape index (κ1) is 16.2. The number of carbonyl (C=O) groups is 2. The van der Waals surface area contributed by atoms with Crippen molar-refractivity contribution in [3.8, 4) is 0 Å². The Hall–Kier alpha value is -1.88. The summed E-state index contributed by atoms with van der Waals surface area (Å²) >= 11 is 0. The van der Waals surface area contributed by atoms with E-state index in [2.05, 4.69) is 10.6 Å². The van der Waals surface area contributed by atoms with Crippen LogP contribution in [0.15, 0.2) is 24.3 Å². The first-order valence-corrected chi connectivity index (χ1v) is 6.96. The van der Waals surface area contributed by atoms with Crippen molar-refractivity contribution in [1.29, 1.82) is 0 Å². The highest BCUT2D eigenvalue weighted by atomic mass is 16.2. The van der Waals surface area contributed by atoms with Crippen LogP contribution in [0.3, 0.4) is 0 Å². The fourth-order valence-corrected chi connectivity index (χ4v) is 1.89. The molecule has 2 N–H and O–H groups in total.